The molecule has 0 aromatic heterocycles. The van der Waals surface area contributed by atoms with E-state index in [-0.39, 0.29) is 30.7 Å². The van der Waals surface area contributed by atoms with Crippen LogP contribution in [-0.2, 0) is 9.59 Å². The van der Waals surface area contributed by atoms with E-state index < -0.39 is 24.0 Å². The van der Waals surface area contributed by atoms with Gasteiger partial charge in [-0.2, -0.15) is 0 Å². The van der Waals surface area contributed by atoms with Gasteiger partial charge in [-0.05, 0) is 25.3 Å². The highest BCUT2D eigenvalue weighted by Crippen LogP contribution is 2.04. The molecule has 0 aromatic carbocycles. The van der Waals surface area contributed by atoms with Gasteiger partial charge in [0.25, 0.3) is 0 Å². The van der Waals surface area contributed by atoms with Gasteiger partial charge in [0.2, 0.25) is 5.91 Å². The summed E-state index contributed by atoms with van der Waals surface area (Å²) in [5, 5.41) is 11.4. The summed E-state index contributed by atoms with van der Waals surface area (Å²) in [6, 6.07) is -1.55. The van der Waals surface area contributed by atoms with Gasteiger partial charge in [0.05, 0.1) is 6.04 Å². The van der Waals surface area contributed by atoms with Crippen molar-refractivity contribution >= 4 is 36.7 Å². The number of nitrogens with two attached hydrogens (primary N) is 2. The van der Waals surface area contributed by atoms with E-state index in [9.17, 15) is 9.59 Å². The van der Waals surface area contributed by atoms with Gasteiger partial charge in [-0.3, -0.25) is 4.79 Å². The minimum Gasteiger partial charge on any atom is -0.480 e. The molecule has 0 aliphatic heterocycles. The molecule has 116 valence electrons. The Balaban J connectivity index is -0.00000128. The fraction of sp³-hybridized carbons (Fsp3) is 0.818. The predicted octanol–water partition coefficient (Wildman–Crippen LogP) is 0.512. The summed E-state index contributed by atoms with van der Waals surface area (Å²) in [7, 11) is 0. The lowest BCUT2D eigenvalue weighted by molar-refractivity contribution is -0.143. The van der Waals surface area contributed by atoms with Crippen LogP contribution in [0.5, 0.6) is 0 Å². The summed E-state index contributed by atoms with van der Waals surface area (Å²) in [6.45, 7) is 4.04. The van der Waals surface area contributed by atoms with Crippen LogP contribution < -0.4 is 16.8 Å². The number of halogens is 2. The molecule has 2 atom stereocenters. The first kappa shape index (κ1) is 23.5. The Morgan fingerprint density at radius 3 is 2.11 bits per heavy atom. The van der Waals surface area contributed by atoms with Crippen LogP contribution >= 0.6 is 24.8 Å². The molecule has 19 heavy (non-hydrogen) atoms. The zero-order valence-corrected chi connectivity index (χ0v) is 12.9. The molecular weight excluding hydrogens is 293 g/mol. The van der Waals surface area contributed by atoms with Crippen LogP contribution in [0.3, 0.4) is 0 Å². The first-order valence-corrected chi connectivity index (χ1v) is 5.89. The lowest BCUT2D eigenvalue weighted by atomic mass is 10.0. The van der Waals surface area contributed by atoms with Crippen molar-refractivity contribution in [3.63, 3.8) is 0 Å². The van der Waals surface area contributed by atoms with Crippen molar-refractivity contribution in [3.8, 4) is 0 Å². The Morgan fingerprint density at radius 1 is 1.21 bits per heavy atom. The third kappa shape index (κ3) is 9.95. The molecule has 0 aliphatic rings. The van der Waals surface area contributed by atoms with Crippen molar-refractivity contribution in [2.24, 2.45) is 17.4 Å². The van der Waals surface area contributed by atoms with E-state index >= 15 is 0 Å². The summed E-state index contributed by atoms with van der Waals surface area (Å²) in [5.41, 5.74) is 11.0. The van der Waals surface area contributed by atoms with Crippen molar-refractivity contribution in [1.82, 2.24) is 5.32 Å². The van der Waals surface area contributed by atoms with Crippen molar-refractivity contribution in [2.75, 3.05) is 6.54 Å². The number of carbonyl (C=O) groups is 2. The second-order valence-electron chi connectivity index (χ2n) is 4.46. The zero-order chi connectivity index (χ0) is 13.4. The number of hydrogen-bond acceptors (Lipinski definition) is 4. The average molecular weight is 318 g/mol. The standard InChI is InChI=1S/C11H23N3O3.2ClH/c1-7(2)9(11(16)17)14-10(15)8(13)5-3-4-6-12;;/h7-9H,3-6,12-13H2,1-2H3,(H,14,15)(H,16,17);2*1H/t8-,9?;;/m0../s1. The van der Waals surface area contributed by atoms with Crippen LogP contribution in [0.1, 0.15) is 33.1 Å². The van der Waals surface area contributed by atoms with E-state index in [2.05, 4.69) is 5.32 Å². The molecule has 0 saturated heterocycles. The number of carbonyl (C=O) groups excluding carboxylic acids is 1. The highest BCUT2D eigenvalue weighted by molar-refractivity contribution is 5.86. The molecule has 0 heterocycles. The second-order valence-corrected chi connectivity index (χ2v) is 4.46. The van der Waals surface area contributed by atoms with Gasteiger partial charge in [0.15, 0.2) is 0 Å². The molecule has 0 saturated carbocycles. The molecule has 0 rings (SSSR count). The SMILES string of the molecule is CC(C)C(NC(=O)[C@@H](N)CCCCN)C(=O)O.Cl.Cl. The summed E-state index contributed by atoms with van der Waals surface area (Å²) in [6.07, 6.45) is 2.10. The van der Waals surface area contributed by atoms with Gasteiger partial charge >= 0.3 is 5.97 Å². The van der Waals surface area contributed by atoms with Crippen LogP contribution in [0.25, 0.3) is 0 Å². The molecule has 0 bridgehead atoms. The summed E-state index contributed by atoms with van der Waals surface area (Å²) in [5.74, 6) is -1.63. The number of nitrogens with one attached hydrogen (secondary N) is 1. The Labute approximate surface area is 126 Å². The van der Waals surface area contributed by atoms with Crippen molar-refractivity contribution < 1.29 is 14.7 Å². The minimum atomic E-state index is -1.04. The normalized spacial score (nSPS) is 12.9. The van der Waals surface area contributed by atoms with Crippen molar-refractivity contribution in [3.05, 3.63) is 0 Å². The molecule has 0 aliphatic carbocycles. The lowest BCUT2D eigenvalue weighted by Crippen LogP contribution is -2.50. The number of aliphatic carboxylic acids is 1. The predicted molar refractivity (Wildman–Crippen MR) is 79.8 cm³/mol. The van der Waals surface area contributed by atoms with Crippen LogP contribution in [0.4, 0.5) is 0 Å². The molecule has 8 heteroatoms. The van der Waals surface area contributed by atoms with Gasteiger partial charge < -0.3 is 21.9 Å². The fourth-order valence-electron chi connectivity index (χ4n) is 1.41. The molecule has 0 aromatic rings. The third-order valence-electron chi connectivity index (χ3n) is 2.54. The number of carboxylic acids is 1. The highest BCUT2D eigenvalue weighted by atomic mass is 35.5. The molecule has 6 N–H and O–H groups in total. The average Bonchev–Trinajstić information content (AvgIpc) is 2.24. The van der Waals surface area contributed by atoms with Gasteiger partial charge in [-0.15, -0.1) is 24.8 Å². The third-order valence-corrected chi connectivity index (χ3v) is 2.54. The maximum Gasteiger partial charge on any atom is 0.326 e. The Morgan fingerprint density at radius 2 is 1.74 bits per heavy atom. The monoisotopic (exact) mass is 317 g/mol. The van der Waals surface area contributed by atoms with E-state index in [1.807, 2.05) is 0 Å². The maximum atomic E-state index is 11.6. The molecule has 0 fully saturated rings. The number of rotatable bonds is 8. The fourth-order valence-corrected chi connectivity index (χ4v) is 1.41. The van der Waals surface area contributed by atoms with Crippen molar-refractivity contribution in [1.29, 1.82) is 0 Å². The molecule has 0 spiro atoms. The van der Waals surface area contributed by atoms with Crippen LogP contribution in [0.2, 0.25) is 0 Å². The number of hydrogen-bond donors (Lipinski definition) is 4. The van der Waals surface area contributed by atoms with Gasteiger partial charge in [0.1, 0.15) is 6.04 Å². The van der Waals surface area contributed by atoms with E-state index in [4.69, 9.17) is 16.6 Å². The summed E-state index contributed by atoms with van der Waals surface area (Å²) >= 11 is 0. The van der Waals surface area contributed by atoms with Gasteiger partial charge in [-0.1, -0.05) is 20.3 Å². The lowest BCUT2D eigenvalue weighted by Gasteiger charge is -2.20. The molecule has 1 amide bonds. The molecule has 1 unspecified atom stereocenters. The van der Waals surface area contributed by atoms with E-state index in [1.165, 1.54) is 0 Å². The van der Waals surface area contributed by atoms with Crippen LogP contribution in [0.15, 0.2) is 0 Å². The number of amides is 1. The quantitative estimate of drug-likeness (QED) is 0.486. The molecule has 6 nitrogen and oxygen atoms in total. The number of carboxylic acid groups (broad SMARTS) is 1. The Hall–Kier alpha value is -0.560. The molecule has 0 radical (unpaired) electrons. The van der Waals surface area contributed by atoms with Gasteiger partial charge in [0, 0.05) is 0 Å². The van der Waals surface area contributed by atoms with Crippen molar-refractivity contribution in [2.45, 2.75) is 45.2 Å². The smallest absolute Gasteiger partial charge is 0.326 e. The van der Waals surface area contributed by atoms with E-state index in [0.717, 1.165) is 12.8 Å². The maximum absolute atomic E-state index is 11.6. The second kappa shape index (κ2) is 12.5. The van der Waals surface area contributed by atoms with Crippen LogP contribution in [-0.4, -0.2) is 35.6 Å². The first-order valence-electron chi connectivity index (χ1n) is 5.89. The highest BCUT2D eigenvalue weighted by Gasteiger charge is 2.25. The van der Waals surface area contributed by atoms with E-state index in [0.29, 0.717) is 13.0 Å². The number of unbranched alkanes of at least 4 members (excludes halogenated alkanes) is 1. The first-order chi connectivity index (χ1) is 7.90. The minimum absolute atomic E-state index is 0. The zero-order valence-electron chi connectivity index (χ0n) is 11.3. The summed E-state index contributed by atoms with van der Waals surface area (Å²) < 4.78 is 0. The largest absolute Gasteiger partial charge is 0.480 e. The summed E-state index contributed by atoms with van der Waals surface area (Å²) in [4.78, 5) is 22.5. The van der Waals surface area contributed by atoms with Gasteiger partial charge in [-0.25, -0.2) is 4.79 Å². The topological polar surface area (TPSA) is 118 Å². The molecular formula is C11H25Cl2N3O3. The van der Waals surface area contributed by atoms with Crippen LogP contribution in [0, 0.1) is 5.92 Å². The van der Waals surface area contributed by atoms with E-state index in [1.54, 1.807) is 13.8 Å². The Kier molecular flexibility index (Phi) is 15.4. The Bertz CT molecular complexity index is 266.